The first-order valence-corrected chi connectivity index (χ1v) is 8.17. The average molecular weight is 278 g/mol. The molecule has 0 bridgehead atoms. The minimum absolute atomic E-state index is 0.0850. The lowest BCUT2D eigenvalue weighted by molar-refractivity contribution is -0.142. The molecule has 114 valence electrons. The van der Waals surface area contributed by atoms with Crippen molar-refractivity contribution in [1.29, 1.82) is 5.26 Å². The predicted octanol–water partition coefficient (Wildman–Crippen LogP) is 4.14. The predicted molar refractivity (Wildman–Crippen MR) is 82.1 cm³/mol. The summed E-state index contributed by atoms with van der Waals surface area (Å²) in [5.74, 6) is 0.0850. The summed E-state index contributed by atoms with van der Waals surface area (Å²) in [5, 5.41) is 9.59. The van der Waals surface area contributed by atoms with Gasteiger partial charge in [-0.2, -0.15) is 5.26 Å². The summed E-state index contributed by atoms with van der Waals surface area (Å²) in [6, 6.07) is 2.36. The molecular formula is C17H30N2O. The minimum atomic E-state index is -0.774. The number of rotatable bonds is 6. The van der Waals surface area contributed by atoms with E-state index in [1.54, 1.807) is 0 Å². The lowest BCUT2D eigenvalue weighted by Gasteiger charge is -2.41. The van der Waals surface area contributed by atoms with Gasteiger partial charge in [-0.3, -0.25) is 4.79 Å². The van der Waals surface area contributed by atoms with Crippen molar-refractivity contribution in [1.82, 2.24) is 4.90 Å². The fraction of sp³-hybridized carbons (Fsp3) is 0.882. The Morgan fingerprint density at radius 1 is 1.20 bits per heavy atom. The van der Waals surface area contributed by atoms with Gasteiger partial charge in [0.15, 0.2) is 0 Å². The quantitative estimate of drug-likeness (QED) is 0.733. The fourth-order valence-electron chi connectivity index (χ4n) is 3.26. The van der Waals surface area contributed by atoms with Crippen molar-refractivity contribution in [2.24, 2.45) is 10.8 Å². The van der Waals surface area contributed by atoms with Gasteiger partial charge in [0.2, 0.25) is 5.91 Å². The maximum absolute atomic E-state index is 12.8. The number of hydrogen-bond acceptors (Lipinski definition) is 2. The molecule has 0 N–H and O–H groups in total. The zero-order chi connectivity index (χ0) is 15.2. The van der Waals surface area contributed by atoms with Gasteiger partial charge >= 0.3 is 0 Å². The summed E-state index contributed by atoms with van der Waals surface area (Å²) in [6.45, 7) is 10.3. The van der Waals surface area contributed by atoms with E-state index in [1.165, 1.54) is 6.42 Å². The van der Waals surface area contributed by atoms with Gasteiger partial charge in [0.1, 0.15) is 5.41 Å². The van der Waals surface area contributed by atoms with Crippen LogP contribution >= 0.6 is 0 Å². The van der Waals surface area contributed by atoms with Crippen LogP contribution in [0.2, 0.25) is 0 Å². The third-order valence-corrected chi connectivity index (χ3v) is 5.09. The van der Waals surface area contributed by atoms with Crippen molar-refractivity contribution >= 4 is 5.91 Å². The molecule has 1 rings (SSSR count). The largest absolute Gasteiger partial charge is 0.341 e. The van der Waals surface area contributed by atoms with Crippen LogP contribution in [0.15, 0.2) is 0 Å². The molecule has 0 radical (unpaired) electrons. The first-order chi connectivity index (χ1) is 9.47. The van der Waals surface area contributed by atoms with Crippen molar-refractivity contribution < 1.29 is 4.79 Å². The van der Waals surface area contributed by atoms with Crippen LogP contribution in [0.3, 0.4) is 0 Å². The normalized spacial score (nSPS) is 18.6. The summed E-state index contributed by atoms with van der Waals surface area (Å²) in [5.41, 5.74) is -0.398. The molecule has 0 saturated carbocycles. The van der Waals surface area contributed by atoms with Crippen LogP contribution in [0.5, 0.6) is 0 Å². The van der Waals surface area contributed by atoms with Gasteiger partial charge in [0, 0.05) is 13.1 Å². The van der Waals surface area contributed by atoms with Crippen LogP contribution in [-0.4, -0.2) is 23.9 Å². The Morgan fingerprint density at radius 2 is 1.70 bits per heavy atom. The molecule has 1 heterocycles. The van der Waals surface area contributed by atoms with Crippen LogP contribution in [-0.2, 0) is 4.79 Å². The van der Waals surface area contributed by atoms with Crippen LogP contribution < -0.4 is 0 Å². The summed E-state index contributed by atoms with van der Waals surface area (Å²) in [7, 11) is 0. The molecule has 1 aliphatic heterocycles. The van der Waals surface area contributed by atoms with Crippen LogP contribution in [0, 0.1) is 22.2 Å². The van der Waals surface area contributed by atoms with Crippen molar-refractivity contribution in [3.05, 3.63) is 0 Å². The highest BCUT2D eigenvalue weighted by molar-refractivity contribution is 5.85. The Balaban J connectivity index is 2.80. The second-order valence-electron chi connectivity index (χ2n) is 6.65. The van der Waals surface area contributed by atoms with Gasteiger partial charge in [-0.1, -0.05) is 47.0 Å². The lowest BCUT2D eigenvalue weighted by Crippen LogP contribution is -2.48. The molecule has 1 amide bonds. The minimum Gasteiger partial charge on any atom is -0.341 e. The topological polar surface area (TPSA) is 44.1 Å². The number of nitriles is 1. The highest BCUT2D eigenvalue weighted by atomic mass is 16.2. The molecule has 0 spiro atoms. The molecule has 1 saturated heterocycles. The standard InChI is InChI=1S/C17H30N2O/c1-5-8-17(14-18,9-6-2)15(20)19-12-10-16(4,7-3)11-13-19/h5-13H2,1-4H3. The van der Waals surface area contributed by atoms with Crippen LogP contribution in [0.4, 0.5) is 0 Å². The summed E-state index contributed by atoms with van der Waals surface area (Å²) < 4.78 is 0. The monoisotopic (exact) mass is 278 g/mol. The number of carbonyl (C=O) groups excluding carboxylic acids is 1. The van der Waals surface area contributed by atoms with Crippen molar-refractivity contribution in [2.75, 3.05) is 13.1 Å². The van der Waals surface area contributed by atoms with E-state index in [9.17, 15) is 10.1 Å². The van der Waals surface area contributed by atoms with Gasteiger partial charge in [0.25, 0.3) is 0 Å². The fourth-order valence-corrected chi connectivity index (χ4v) is 3.26. The van der Waals surface area contributed by atoms with E-state index in [4.69, 9.17) is 0 Å². The van der Waals surface area contributed by atoms with Gasteiger partial charge in [0.05, 0.1) is 6.07 Å². The third kappa shape index (κ3) is 3.53. The molecule has 0 aliphatic carbocycles. The zero-order valence-electron chi connectivity index (χ0n) is 13.7. The average Bonchev–Trinajstić information content (AvgIpc) is 2.47. The second kappa shape index (κ2) is 7.11. The Hall–Kier alpha value is -1.04. The lowest BCUT2D eigenvalue weighted by atomic mass is 9.75. The molecule has 0 aromatic heterocycles. The van der Waals surface area contributed by atoms with Crippen molar-refractivity contribution in [3.63, 3.8) is 0 Å². The van der Waals surface area contributed by atoms with Crippen molar-refractivity contribution in [2.45, 2.75) is 72.6 Å². The smallest absolute Gasteiger partial charge is 0.243 e. The first kappa shape index (κ1) is 17.0. The first-order valence-electron chi connectivity index (χ1n) is 8.17. The maximum atomic E-state index is 12.8. The molecule has 1 aliphatic rings. The van der Waals surface area contributed by atoms with E-state index in [0.717, 1.165) is 38.8 Å². The van der Waals surface area contributed by atoms with Crippen molar-refractivity contribution in [3.8, 4) is 6.07 Å². The highest BCUT2D eigenvalue weighted by Gasteiger charge is 2.42. The van der Waals surface area contributed by atoms with E-state index in [1.807, 2.05) is 4.90 Å². The molecule has 0 atom stereocenters. The zero-order valence-corrected chi connectivity index (χ0v) is 13.7. The van der Waals surface area contributed by atoms with Crippen LogP contribution in [0.1, 0.15) is 72.6 Å². The number of piperidine rings is 1. The molecule has 0 aromatic rings. The molecule has 3 nitrogen and oxygen atoms in total. The summed E-state index contributed by atoms with van der Waals surface area (Å²) in [6.07, 6.45) is 6.46. The van der Waals surface area contributed by atoms with E-state index in [0.29, 0.717) is 18.3 Å². The van der Waals surface area contributed by atoms with E-state index in [-0.39, 0.29) is 5.91 Å². The number of amides is 1. The highest BCUT2D eigenvalue weighted by Crippen LogP contribution is 2.37. The van der Waals surface area contributed by atoms with Gasteiger partial charge in [-0.25, -0.2) is 0 Å². The number of carbonyl (C=O) groups is 1. The molecular weight excluding hydrogens is 248 g/mol. The Morgan fingerprint density at radius 3 is 2.05 bits per heavy atom. The van der Waals surface area contributed by atoms with E-state index in [2.05, 4.69) is 33.8 Å². The Bertz CT molecular complexity index is 356. The third-order valence-electron chi connectivity index (χ3n) is 5.09. The molecule has 0 aromatic carbocycles. The molecule has 20 heavy (non-hydrogen) atoms. The summed E-state index contributed by atoms with van der Waals surface area (Å²) in [4.78, 5) is 14.8. The van der Waals surface area contributed by atoms with Crippen LogP contribution in [0.25, 0.3) is 0 Å². The van der Waals surface area contributed by atoms with E-state index < -0.39 is 5.41 Å². The Kier molecular flexibility index (Phi) is 6.05. The maximum Gasteiger partial charge on any atom is 0.243 e. The van der Waals surface area contributed by atoms with Gasteiger partial charge in [-0.15, -0.1) is 0 Å². The molecule has 1 fully saturated rings. The molecule has 0 unspecified atom stereocenters. The number of likely N-dealkylation sites (tertiary alicyclic amines) is 1. The SMILES string of the molecule is CCCC(C#N)(CCC)C(=O)N1CCC(C)(CC)CC1. The van der Waals surface area contributed by atoms with Gasteiger partial charge in [-0.05, 0) is 31.1 Å². The molecule has 3 heteroatoms. The van der Waals surface area contributed by atoms with E-state index >= 15 is 0 Å². The number of hydrogen-bond donors (Lipinski definition) is 0. The second-order valence-corrected chi connectivity index (χ2v) is 6.65. The van der Waals surface area contributed by atoms with Gasteiger partial charge < -0.3 is 4.90 Å². The summed E-state index contributed by atoms with van der Waals surface area (Å²) >= 11 is 0. The number of nitrogens with zero attached hydrogens (tertiary/aromatic N) is 2. The Labute approximate surface area is 124 Å².